The Bertz CT molecular complexity index is 899. The van der Waals surface area contributed by atoms with Crippen LogP contribution in [0.25, 0.3) is 0 Å². The molecule has 0 heterocycles. The van der Waals surface area contributed by atoms with Crippen LogP contribution in [0, 0.1) is 0 Å². The molecule has 2 N–H and O–H groups in total. The van der Waals surface area contributed by atoms with E-state index in [1.165, 1.54) is 0 Å². The average molecular weight is 388 g/mol. The van der Waals surface area contributed by atoms with Crippen molar-refractivity contribution in [3.8, 4) is 5.75 Å². The third kappa shape index (κ3) is 6.50. The number of para-hydroxylation sites is 1. The highest BCUT2D eigenvalue weighted by molar-refractivity contribution is 5.82. The Labute approximate surface area is 170 Å². The van der Waals surface area contributed by atoms with Crippen molar-refractivity contribution in [2.45, 2.75) is 12.5 Å². The Kier molecular flexibility index (Phi) is 7.41. The average Bonchev–Trinajstić information content (AvgIpc) is 2.77. The van der Waals surface area contributed by atoms with Crippen LogP contribution in [0.3, 0.4) is 0 Å². The zero-order valence-electron chi connectivity index (χ0n) is 16.1. The molecule has 3 aromatic rings. The van der Waals surface area contributed by atoms with Gasteiger partial charge in [-0.05, 0) is 17.7 Å². The van der Waals surface area contributed by atoms with Crippen molar-refractivity contribution in [1.29, 1.82) is 0 Å². The molecular weight excluding hydrogens is 364 g/mol. The molecule has 2 amide bonds. The van der Waals surface area contributed by atoms with Crippen molar-refractivity contribution < 1.29 is 14.3 Å². The first-order valence-electron chi connectivity index (χ1n) is 9.57. The third-order valence-electron chi connectivity index (χ3n) is 4.29. The van der Waals surface area contributed by atoms with E-state index in [1.807, 2.05) is 91.0 Å². The van der Waals surface area contributed by atoms with Gasteiger partial charge in [-0.2, -0.15) is 0 Å². The predicted octanol–water partition coefficient (Wildman–Crippen LogP) is 3.28. The van der Waals surface area contributed by atoms with Crippen LogP contribution >= 0.6 is 0 Å². The van der Waals surface area contributed by atoms with Gasteiger partial charge < -0.3 is 15.4 Å². The summed E-state index contributed by atoms with van der Waals surface area (Å²) >= 11 is 0. The van der Waals surface area contributed by atoms with Gasteiger partial charge in [0.15, 0.2) is 0 Å². The van der Waals surface area contributed by atoms with E-state index in [4.69, 9.17) is 4.74 Å². The molecular formula is C24H24N2O3. The molecule has 0 fully saturated rings. The van der Waals surface area contributed by atoms with Gasteiger partial charge in [0.25, 0.3) is 5.91 Å². The Balaban J connectivity index is 1.51. The van der Waals surface area contributed by atoms with Crippen LogP contribution in [0.1, 0.15) is 17.2 Å². The summed E-state index contributed by atoms with van der Waals surface area (Å²) < 4.78 is 5.92. The number of rotatable bonds is 9. The molecule has 1 unspecified atom stereocenters. The molecule has 5 nitrogen and oxygen atoms in total. The lowest BCUT2D eigenvalue weighted by Crippen LogP contribution is -2.38. The van der Waals surface area contributed by atoms with Crippen LogP contribution in [0.5, 0.6) is 5.75 Å². The molecule has 3 aromatic carbocycles. The van der Waals surface area contributed by atoms with E-state index in [-0.39, 0.29) is 11.8 Å². The van der Waals surface area contributed by atoms with E-state index in [9.17, 15) is 9.59 Å². The second-order valence-corrected chi connectivity index (χ2v) is 6.52. The van der Waals surface area contributed by atoms with Gasteiger partial charge in [0.2, 0.25) is 12.0 Å². The molecule has 5 heteroatoms. The van der Waals surface area contributed by atoms with Crippen LogP contribution in [-0.2, 0) is 16.0 Å². The van der Waals surface area contributed by atoms with E-state index in [2.05, 4.69) is 10.6 Å². The van der Waals surface area contributed by atoms with Crippen LogP contribution in [0.4, 0.5) is 0 Å². The molecule has 29 heavy (non-hydrogen) atoms. The van der Waals surface area contributed by atoms with Crippen molar-refractivity contribution >= 4 is 11.8 Å². The van der Waals surface area contributed by atoms with Gasteiger partial charge in [0, 0.05) is 18.7 Å². The zero-order chi connectivity index (χ0) is 20.3. The largest absolute Gasteiger partial charge is 0.476 e. The smallest absolute Gasteiger partial charge is 0.265 e. The summed E-state index contributed by atoms with van der Waals surface area (Å²) in [4.78, 5) is 24.7. The summed E-state index contributed by atoms with van der Waals surface area (Å²) in [5, 5.41) is 5.66. The Hall–Kier alpha value is -3.60. The summed E-state index contributed by atoms with van der Waals surface area (Å²) in [7, 11) is 0. The molecule has 0 aromatic heterocycles. The van der Waals surface area contributed by atoms with Crippen molar-refractivity contribution in [3.05, 3.63) is 102 Å². The highest BCUT2D eigenvalue weighted by Crippen LogP contribution is 2.21. The SMILES string of the molecule is O=C(Cc1ccccc1)NCCNC(=O)C(Oc1ccccc1)c1ccccc1. The maximum atomic E-state index is 12.7. The fraction of sp³-hybridized carbons (Fsp3) is 0.167. The minimum atomic E-state index is -0.765. The lowest BCUT2D eigenvalue weighted by Gasteiger charge is -2.19. The molecule has 148 valence electrons. The van der Waals surface area contributed by atoms with E-state index < -0.39 is 6.10 Å². The summed E-state index contributed by atoms with van der Waals surface area (Å²) in [6.45, 7) is 0.672. The third-order valence-corrected chi connectivity index (χ3v) is 4.29. The first-order chi connectivity index (χ1) is 14.2. The number of carbonyl (C=O) groups is 2. The molecule has 0 spiro atoms. The van der Waals surface area contributed by atoms with E-state index >= 15 is 0 Å². The standard InChI is InChI=1S/C24H24N2O3/c27-22(18-19-10-4-1-5-11-19)25-16-17-26-24(28)23(20-12-6-2-7-13-20)29-21-14-8-3-9-15-21/h1-15,23H,16-18H2,(H,25,27)(H,26,28). The quantitative estimate of drug-likeness (QED) is 0.553. The summed E-state index contributed by atoms with van der Waals surface area (Å²) in [6.07, 6.45) is -0.447. The van der Waals surface area contributed by atoms with Crippen molar-refractivity contribution in [2.75, 3.05) is 13.1 Å². The Morgan fingerprint density at radius 3 is 1.93 bits per heavy atom. The fourth-order valence-electron chi connectivity index (χ4n) is 2.86. The molecule has 0 aliphatic rings. The number of nitrogens with one attached hydrogen (secondary N) is 2. The Morgan fingerprint density at radius 1 is 0.724 bits per heavy atom. The minimum Gasteiger partial charge on any atom is -0.476 e. The molecule has 0 saturated heterocycles. The molecule has 3 rings (SSSR count). The summed E-state index contributed by atoms with van der Waals surface area (Å²) in [5.41, 5.74) is 1.72. The lowest BCUT2D eigenvalue weighted by atomic mass is 10.1. The highest BCUT2D eigenvalue weighted by atomic mass is 16.5. The molecule has 1 atom stereocenters. The highest BCUT2D eigenvalue weighted by Gasteiger charge is 2.22. The van der Waals surface area contributed by atoms with Crippen molar-refractivity contribution in [3.63, 3.8) is 0 Å². The molecule has 0 radical (unpaired) electrons. The van der Waals surface area contributed by atoms with Gasteiger partial charge in [-0.1, -0.05) is 78.9 Å². The van der Waals surface area contributed by atoms with Gasteiger partial charge in [0.05, 0.1) is 6.42 Å². The lowest BCUT2D eigenvalue weighted by molar-refractivity contribution is -0.128. The molecule has 0 aliphatic heterocycles. The fourth-order valence-corrected chi connectivity index (χ4v) is 2.86. The predicted molar refractivity (Wildman–Crippen MR) is 112 cm³/mol. The van der Waals surface area contributed by atoms with Gasteiger partial charge in [-0.15, -0.1) is 0 Å². The second-order valence-electron chi connectivity index (χ2n) is 6.52. The summed E-state index contributed by atoms with van der Waals surface area (Å²) in [6, 6.07) is 28.1. The van der Waals surface area contributed by atoms with Crippen LogP contribution in [0.15, 0.2) is 91.0 Å². The van der Waals surface area contributed by atoms with Crippen LogP contribution in [-0.4, -0.2) is 24.9 Å². The van der Waals surface area contributed by atoms with Crippen LogP contribution < -0.4 is 15.4 Å². The first-order valence-corrected chi connectivity index (χ1v) is 9.57. The summed E-state index contributed by atoms with van der Waals surface area (Å²) in [5.74, 6) is 0.288. The number of benzene rings is 3. The number of ether oxygens (including phenoxy) is 1. The van der Waals surface area contributed by atoms with Crippen LogP contribution in [0.2, 0.25) is 0 Å². The minimum absolute atomic E-state index is 0.0782. The van der Waals surface area contributed by atoms with Gasteiger partial charge >= 0.3 is 0 Å². The number of hydrogen-bond donors (Lipinski definition) is 2. The first kappa shape index (κ1) is 20.1. The maximum Gasteiger partial charge on any atom is 0.265 e. The normalized spacial score (nSPS) is 11.3. The topological polar surface area (TPSA) is 67.4 Å². The van der Waals surface area contributed by atoms with Gasteiger partial charge in [-0.25, -0.2) is 0 Å². The van der Waals surface area contributed by atoms with E-state index in [1.54, 1.807) is 0 Å². The Morgan fingerprint density at radius 2 is 1.28 bits per heavy atom. The monoisotopic (exact) mass is 388 g/mol. The van der Waals surface area contributed by atoms with Crippen molar-refractivity contribution in [2.24, 2.45) is 0 Å². The molecule has 0 aliphatic carbocycles. The second kappa shape index (κ2) is 10.7. The van der Waals surface area contributed by atoms with E-state index in [0.717, 1.165) is 11.1 Å². The zero-order valence-corrected chi connectivity index (χ0v) is 16.1. The van der Waals surface area contributed by atoms with Gasteiger partial charge in [0.1, 0.15) is 5.75 Å². The number of carbonyl (C=O) groups excluding carboxylic acids is 2. The molecule has 0 saturated carbocycles. The molecule has 0 bridgehead atoms. The van der Waals surface area contributed by atoms with E-state index in [0.29, 0.717) is 25.3 Å². The van der Waals surface area contributed by atoms with Gasteiger partial charge in [-0.3, -0.25) is 9.59 Å². The number of hydrogen-bond acceptors (Lipinski definition) is 3. The maximum absolute atomic E-state index is 12.7. The van der Waals surface area contributed by atoms with Crippen molar-refractivity contribution in [1.82, 2.24) is 10.6 Å². The number of amides is 2.